The molecule has 1 saturated heterocycles. The zero-order chi connectivity index (χ0) is 15.4. The Balaban J connectivity index is 1.86. The molecule has 1 amide bonds. The lowest BCUT2D eigenvalue weighted by molar-refractivity contribution is -0.0778. The molecule has 5 heteroatoms. The van der Waals surface area contributed by atoms with Crippen molar-refractivity contribution in [3.8, 4) is 0 Å². The maximum atomic E-state index is 12.2. The Morgan fingerprint density at radius 1 is 1.43 bits per heavy atom. The Bertz CT molecular complexity index is 485. The van der Waals surface area contributed by atoms with E-state index in [1.54, 1.807) is 0 Å². The van der Waals surface area contributed by atoms with Gasteiger partial charge in [-0.2, -0.15) is 0 Å². The summed E-state index contributed by atoms with van der Waals surface area (Å²) < 4.78 is 6.82. The first-order chi connectivity index (χ1) is 9.95. The predicted molar refractivity (Wildman–Crippen MR) is 92.5 cm³/mol. The Morgan fingerprint density at radius 3 is 2.71 bits per heavy atom. The van der Waals surface area contributed by atoms with Crippen LogP contribution in [0.3, 0.4) is 0 Å². The second kappa shape index (κ2) is 7.56. The van der Waals surface area contributed by atoms with Gasteiger partial charge in [0, 0.05) is 34.8 Å². The van der Waals surface area contributed by atoms with Crippen molar-refractivity contribution in [1.82, 2.24) is 10.2 Å². The molecule has 0 aromatic heterocycles. The van der Waals surface area contributed by atoms with E-state index in [1.165, 1.54) is 0 Å². The quantitative estimate of drug-likeness (QED) is 0.788. The molecule has 21 heavy (non-hydrogen) atoms. The number of hydrogen-bond acceptors (Lipinski definition) is 3. The molecule has 1 aromatic carbocycles. The molecular formula is C16H23IN2O2. The van der Waals surface area contributed by atoms with Crippen LogP contribution in [0, 0.1) is 3.57 Å². The van der Waals surface area contributed by atoms with E-state index in [0.717, 1.165) is 22.2 Å². The van der Waals surface area contributed by atoms with Gasteiger partial charge in [-0.3, -0.25) is 9.69 Å². The van der Waals surface area contributed by atoms with Gasteiger partial charge in [-0.25, -0.2) is 0 Å². The lowest BCUT2D eigenvalue weighted by Crippen LogP contribution is -2.52. The zero-order valence-electron chi connectivity index (χ0n) is 12.8. The minimum atomic E-state index is -0.00489. The summed E-state index contributed by atoms with van der Waals surface area (Å²) in [7, 11) is 0. The third-order valence-corrected chi connectivity index (χ3v) is 4.39. The minimum absolute atomic E-state index is 0.00489. The number of hydrogen-bond donors (Lipinski definition) is 1. The Morgan fingerprint density at radius 2 is 2.10 bits per heavy atom. The summed E-state index contributed by atoms with van der Waals surface area (Å²) in [6.45, 7) is 8.85. The molecule has 3 unspecified atom stereocenters. The number of carbonyl (C=O) groups is 1. The van der Waals surface area contributed by atoms with E-state index in [1.807, 2.05) is 24.3 Å². The van der Waals surface area contributed by atoms with E-state index in [9.17, 15) is 4.79 Å². The summed E-state index contributed by atoms with van der Waals surface area (Å²) in [6.07, 6.45) is 0.505. The van der Waals surface area contributed by atoms with Crippen molar-refractivity contribution in [3.63, 3.8) is 0 Å². The van der Waals surface area contributed by atoms with Gasteiger partial charge in [-0.15, -0.1) is 0 Å². The highest BCUT2D eigenvalue weighted by Crippen LogP contribution is 2.13. The van der Waals surface area contributed by atoms with Crippen LogP contribution < -0.4 is 5.32 Å². The summed E-state index contributed by atoms with van der Waals surface area (Å²) >= 11 is 2.22. The summed E-state index contributed by atoms with van der Waals surface area (Å²) in [5, 5.41) is 3.03. The summed E-state index contributed by atoms with van der Waals surface area (Å²) in [4.78, 5) is 14.5. The highest BCUT2D eigenvalue weighted by molar-refractivity contribution is 14.1. The molecule has 1 aliphatic heterocycles. The highest BCUT2D eigenvalue weighted by Gasteiger charge is 2.25. The molecule has 0 bridgehead atoms. The van der Waals surface area contributed by atoms with E-state index in [4.69, 9.17) is 4.74 Å². The van der Waals surface area contributed by atoms with Crippen molar-refractivity contribution in [2.75, 3.05) is 19.6 Å². The Labute approximate surface area is 140 Å². The van der Waals surface area contributed by atoms with Gasteiger partial charge < -0.3 is 10.1 Å². The summed E-state index contributed by atoms with van der Waals surface area (Å²) in [5.74, 6) is -0.00489. The maximum absolute atomic E-state index is 12.2. The molecule has 1 aromatic rings. The molecule has 2 rings (SSSR count). The van der Waals surface area contributed by atoms with Gasteiger partial charge in [0.15, 0.2) is 0 Å². The fourth-order valence-corrected chi connectivity index (χ4v) is 3.22. The number of halogens is 1. The molecule has 0 radical (unpaired) electrons. The Kier molecular flexibility index (Phi) is 6.01. The second-order valence-electron chi connectivity index (χ2n) is 5.78. The number of nitrogens with zero attached hydrogens (tertiary/aromatic N) is 1. The largest absolute Gasteiger partial charge is 0.373 e. The summed E-state index contributed by atoms with van der Waals surface area (Å²) in [6, 6.07) is 7.95. The average molecular weight is 402 g/mol. The minimum Gasteiger partial charge on any atom is -0.373 e. The smallest absolute Gasteiger partial charge is 0.251 e. The first kappa shape index (κ1) is 16.7. The highest BCUT2D eigenvalue weighted by atomic mass is 127. The van der Waals surface area contributed by atoms with E-state index in [0.29, 0.717) is 12.6 Å². The molecule has 116 valence electrons. The fourth-order valence-electron chi connectivity index (χ4n) is 2.68. The Hall–Kier alpha value is -0.660. The van der Waals surface area contributed by atoms with E-state index < -0.39 is 0 Å². The van der Waals surface area contributed by atoms with Crippen LogP contribution >= 0.6 is 22.6 Å². The van der Waals surface area contributed by atoms with Crippen molar-refractivity contribution in [2.45, 2.75) is 39.0 Å². The number of nitrogens with one attached hydrogen (secondary N) is 1. The van der Waals surface area contributed by atoms with Gasteiger partial charge in [0.1, 0.15) is 0 Å². The van der Waals surface area contributed by atoms with Crippen LogP contribution in [0.1, 0.15) is 31.1 Å². The van der Waals surface area contributed by atoms with Crippen LogP contribution in [0.25, 0.3) is 0 Å². The number of amides is 1. The van der Waals surface area contributed by atoms with Crippen molar-refractivity contribution < 1.29 is 9.53 Å². The van der Waals surface area contributed by atoms with E-state index in [2.05, 4.69) is 53.6 Å². The molecule has 1 fully saturated rings. The average Bonchev–Trinajstić information content (AvgIpc) is 2.43. The standard InChI is InChI=1S/C16H23IN2O2/c1-11(19-9-12(2)21-13(3)10-19)8-18-16(20)14-5-4-6-15(17)7-14/h4-7,11-13H,8-10H2,1-3H3,(H,18,20). The van der Waals surface area contributed by atoms with Gasteiger partial charge in [-0.1, -0.05) is 6.07 Å². The van der Waals surface area contributed by atoms with E-state index in [-0.39, 0.29) is 18.1 Å². The summed E-state index contributed by atoms with van der Waals surface area (Å²) in [5.41, 5.74) is 0.720. The molecule has 0 saturated carbocycles. The first-order valence-electron chi connectivity index (χ1n) is 7.39. The van der Waals surface area contributed by atoms with E-state index >= 15 is 0 Å². The monoisotopic (exact) mass is 402 g/mol. The number of rotatable bonds is 4. The molecular weight excluding hydrogens is 379 g/mol. The zero-order valence-corrected chi connectivity index (χ0v) is 15.0. The van der Waals surface area contributed by atoms with Gasteiger partial charge in [-0.05, 0) is 61.6 Å². The predicted octanol–water partition coefficient (Wildman–Crippen LogP) is 2.52. The molecule has 1 N–H and O–H groups in total. The molecule has 0 aliphatic carbocycles. The number of carbonyl (C=O) groups excluding carboxylic acids is 1. The third kappa shape index (κ3) is 4.93. The molecule has 0 spiro atoms. The SMILES string of the molecule is CC1CN(C(C)CNC(=O)c2cccc(I)c2)CC(C)O1. The van der Waals surface area contributed by atoms with Crippen LogP contribution in [0.4, 0.5) is 0 Å². The van der Waals surface area contributed by atoms with Crippen LogP contribution in [0.5, 0.6) is 0 Å². The first-order valence-corrected chi connectivity index (χ1v) is 8.47. The lowest BCUT2D eigenvalue weighted by atomic mass is 10.1. The van der Waals surface area contributed by atoms with Crippen LogP contribution in [0.15, 0.2) is 24.3 Å². The molecule has 3 atom stereocenters. The van der Waals surface area contributed by atoms with Crippen molar-refractivity contribution in [2.24, 2.45) is 0 Å². The third-order valence-electron chi connectivity index (χ3n) is 3.72. The number of morpholine rings is 1. The van der Waals surface area contributed by atoms with Gasteiger partial charge >= 0.3 is 0 Å². The maximum Gasteiger partial charge on any atom is 0.251 e. The second-order valence-corrected chi connectivity index (χ2v) is 7.03. The van der Waals surface area contributed by atoms with Crippen molar-refractivity contribution >= 4 is 28.5 Å². The lowest BCUT2D eigenvalue weighted by Gasteiger charge is -2.39. The van der Waals surface area contributed by atoms with Gasteiger partial charge in [0.05, 0.1) is 12.2 Å². The fraction of sp³-hybridized carbons (Fsp3) is 0.562. The van der Waals surface area contributed by atoms with Gasteiger partial charge in [0.25, 0.3) is 5.91 Å². The normalized spacial score (nSPS) is 24.6. The topological polar surface area (TPSA) is 41.6 Å². The van der Waals surface area contributed by atoms with Crippen LogP contribution in [-0.2, 0) is 4.74 Å². The van der Waals surface area contributed by atoms with Crippen molar-refractivity contribution in [1.29, 1.82) is 0 Å². The molecule has 4 nitrogen and oxygen atoms in total. The molecule has 1 aliphatic rings. The van der Waals surface area contributed by atoms with Crippen molar-refractivity contribution in [3.05, 3.63) is 33.4 Å². The number of benzene rings is 1. The molecule has 1 heterocycles. The number of ether oxygens (including phenoxy) is 1. The van der Waals surface area contributed by atoms with Crippen LogP contribution in [0.2, 0.25) is 0 Å². The van der Waals surface area contributed by atoms with Gasteiger partial charge in [0.2, 0.25) is 0 Å². The van der Waals surface area contributed by atoms with Crippen LogP contribution in [-0.4, -0.2) is 48.7 Å².